The molecule has 1 aliphatic rings. The molecule has 2 aromatic heterocycles. The van der Waals surface area contributed by atoms with E-state index in [1.807, 2.05) is 6.07 Å². The van der Waals surface area contributed by atoms with Gasteiger partial charge in [-0.1, -0.05) is 0 Å². The Labute approximate surface area is 135 Å². The second-order valence-corrected chi connectivity index (χ2v) is 7.24. The molecule has 0 saturated carbocycles. The maximum Gasteiger partial charge on any atom is 0.348 e. The number of carbonyl (C=O) groups excluding carboxylic acids is 2. The van der Waals surface area contributed by atoms with E-state index in [9.17, 15) is 14.7 Å². The summed E-state index contributed by atoms with van der Waals surface area (Å²) in [7, 11) is 1.35. The second kappa shape index (κ2) is 6.20. The number of hydrogen-bond donors (Lipinski definition) is 1. The van der Waals surface area contributed by atoms with E-state index in [2.05, 4.69) is 0 Å². The minimum Gasteiger partial charge on any atom is -0.465 e. The van der Waals surface area contributed by atoms with Crippen LogP contribution in [0.2, 0.25) is 0 Å². The van der Waals surface area contributed by atoms with Crippen LogP contribution < -0.4 is 0 Å². The van der Waals surface area contributed by atoms with Gasteiger partial charge in [-0.2, -0.15) is 0 Å². The van der Waals surface area contributed by atoms with Gasteiger partial charge in [0.15, 0.2) is 0 Å². The molecular formula is C15H14O5S2. The Hall–Kier alpha value is -1.70. The molecule has 0 fully saturated rings. The number of fused-ring (bicyclic) bond motifs is 2. The highest BCUT2D eigenvalue weighted by Gasteiger charge is 2.27. The molecule has 0 spiro atoms. The van der Waals surface area contributed by atoms with Gasteiger partial charge in [-0.05, 0) is 36.1 Å². The fourth-order valence-corrected chi connectivity index (χ4v) is 4.81. The zero-order chi connectivity index (χ0) is 15.7. The molecule has 1 atom stereocenters. The normalized spacial score (nSPS) is 16.4. The fraction of sp³-hybridized carbons (Fsp3) is 0.333. The maximum absolute atomic E-state index is 11.7. The van der Waals surface area contributed by atoms with Gasteiger partial charge in [0, 0.05) is 14.6 Å². The van der Waals surface area contributed by atoms with E-state index >= 15 is 0 Å². The van der Waals surface area contributed by atoms with Gasteiger partial charge in [0.05, 0.1) is 7.11 Å². The molecule has 1 unspecified atom stereocenters. The van der Waals surface area contributed by atoms with E-state index in [0.29, 0.717) is 11.3 Å². The zero-order valence-electron chi connectivity index (χ0n) is 11.8. The first-order chi connectivity index (χ1) is 10.6. The Morgan fingerprint density at radius 2 is 2.00 bits per heavy atom. The molecule has 2 aromatic rings. The van der Waals surface area contributed by atoms with Gasteiger partial charge >= 0.3 is 5.97 Å². The zero-order valence-corrected chi connectivity index (χ0v) is 13.5. The summed E-state index contributed by atoms with van der Waals surface area (Å²) in [4.78, 5) is 25.5. The van der Waals surface area contributed by atoms with Crippen molar-refractivity contribution in [3.8, 4) is 0 Å². The monoisotopic (exact) mass is 338 g/mol. The average Bonchev–Trinajstić information content (AvgIpc) is 3.11. The van der Waals surface area contributed by atoms with Crippen LogP contribution in [-0.2, 0) is 33.7 Å². The van der Waals surface area contributed by atoms with Gasteiger partial charge in [-0.25, -0.2) is 4.79 Å². The van der Waals surface area contributed by atoms with Crippen LogP contribution in [0, 0.1) is 0 Å². The number of carbonyl (C=O) groups is 2. The van der Waals surface area contributed by atoms with Crippen molar-refractivity contribution in [1.82, 2.24) is 0 Å². The molecule has 2 heterocycles. The Morgan fingerprint density at radius 3 is 2.68 bits per heavy atom. The molecule has 116 valence electrons. The highest BCUT2D eigenvalue weighted by Crippen LogP contribution is 2.40. The second-order valence-electron chi connectivity index (χ2n) is 4.88. The summed E-state index contributed by atoms with van der Waals surface area (Å²) >= 11 is 2.93. The molecule has 1 N–H and O–H groups in total. The van der Waals surface area contributed by atoms with Crippen molar-refractivity contribution in [3.63, 3.8) is 0 Å². The molecule has 0 aromatic carbocycles. The van der Waals surface area contributed by atoms with Crippen molar-refractivity contribution in [3.05, 3.63) is 42.8 Å². The van der Waals surface area contributed by atoms with Gasteiger partial charge in [0.2, 0.25) is 0 Å². The van der Waals surface area contributed by atoms with Crippen LogP contribution in [0.4, 0.5) is 0 Å². The lowest BCUT2D eigenvalue weighted by Gasteiger charge is -2.08. The molecule has 22 heavy (non-hydrogen) atoms. The fourth-order valence-electron chi connectivity index (χ4n) is 2.58. The van der Waals surface area contributed by atoms with E-state index in [1.54, 1.807) is 17.4 Å². The van der Waals surface area contributed by atoms with E-state index < -0.39 is 6.10 Å². The molecule has 0 aliphatic heterocycles. The minimum absolute atomic E-state index is 0.220. The molecule has 1 aliphatic carbocycles. The Balaban J connectivity index is 1.94. The summed E-state index contributed by atoms with van der Waals surface area (Å²) in [5, 5.41) is 10.7. The minimum atomic E-state index is -0.761. The number of aliphatic hydroxyl groups excluding tert-OH is 1. The van der Waals surface area contributed by atoms with Gasteiger partial charge in [0.1, 0.15) is 17.6 Å². The predicted octanol–water partition coefficient (Wildman–Crippen LogP) is 2.45. The van der Waals surface area contributed by atoms with Gasteiger partial charge in [-0.3, -0.25) is 4.79 Å². The van der Waals surface area contributed by atoms with Crippen LogP contribution in [0.3, 0.4) is 0 Å². The first kappa shape index (κ1) is 15.2. The number of ether oxygens (including phenoxy) is 2. The molecule has 0 radical (unpaired) electrons. The third-order valence-corrected chi connectivity index (χ3v) is 5.96. The van der Waals surface area contributed by atoms with Crippen molar-refractivity contribution in [2.75, 3.05) is 7.11 Å². The van der Waals surface area contributed by atoms with Crippen molar-refractivity contribution in [1.29, 1.82) is 0 Å². The Bertz CT molecular complexity index is 716. The number of hydrogen-bond acceptors (Lipinski definition) is 7. The van der Waals surface area contributed by atoms with E-state index in [4.69, 9.17) is 9.47 Å². The van der Waals surface area contributed by atoms with Crippen molar-refractivity contribution in [2.24, 2.45) is 0 Å². The van der Waals surface area contributed by atoms with Crippen molar-refractivity contribution in [2.45, 2.75) is 25.6 Å². The van der Waals surface area contributed by atoms with Crippen LogP contribution >= 0.6 is 22.7 Å². The van der Waals surface area contributed by atoms with E-state index in [-0.39, 0.29) is 12.6 Å². The number of methoxy groups -OCH3 is 1. The summed E-state index contributed by atoms with van der Waals surface area (Å²) in [6, 6.07) is 3.59. The predicted molar refractivity (Wildman–Crippen MR) is 82.3 cm³/mol. The van der Waals surface area contributed by atoms with Crippen LogP contribution in [0.15, 0.2) is 12.1 Å². The standard InChI is InChI=1S/C15H14O5S2/c1-19-15(18)13-5-10-12(22-13)3-2-11-9(14(10)17)4-8(21-11)6-20-7-16/h4-5,7,14,17H,2-3,6H2,1H3. The summed E-state index contributed by atoms with van der Waals surface area (Å²) in [6.07, 6.45) is 0.810. The lowest BCUT2D eigenvalue weighted by Crippen LogP contribution is -2.00. The van der Waals surface area contributed by atoms with Crippen LogP contribution in [-0.4, -0.2) is 24.7 Å². The molecular weight excluding hydrogens is 324 g/mol. The molecule has 5 nitrogen and oxygen atoms in total. The van der Waals surface area contributed by atoms with Gasteiger partial charge < -0.3 is 14.6 Å². The van der Waals surface area contributed by atoms with E-state index in [0.717, 1.165) is 38.6 Å². The SMILES string of the molecule is COC(=O)c1cc2c(s1)CCc1sc(COC=O)cc1C2O. The molecule has 0 saturated heterocycles. The summed E-state index contributed by atoms with van der Waals surface area (Å²) in [5.74, 6) is -0.379. The number of rotatable bonds is 4. The maximum atomic E-state index is 11.7. The third-order valence-electron chi connectivity index (χ3n) is 3.58. The van der Waals surface area contributed by atoms with Crippen LogP contribution in [0.1, 0.15) is 41.5 Å². The lowest BCUT2D eigenvalue weighted by atomic mass is 10.0. The largest absolute Gasteiger partial charge is 0.465 e. The van der Waals surface area contributed by atoms with Crippen molar-refractivity contribution < 1.29 is 24.2 Å². The molecule has 0 amide bonds. The first-order valence-corrected chi connectivity index (χ1v) is 8.33. The van der Waals surface area contributed by atoms with Crippen LogP contribution in [0.25, 0.3) is 0 Å². The number of thiophene rings is 2. The Kier molecular flexibility index (Phi) is 4.28. The average molecular weight is 338 g/mol. The highest BCUT2D eigenvalue weighted by atomic mass is 32.1. The third kappa shape index (κ3) is 2.67. The molecule has 3 rings (SSSR count). The topological polar surface area (TPSA) is 72.8 Å². The number of aryl methyl sites for hydroxylation is 2. The van der Waals surface area contributed by atoms with Gasteiger partial charge in [0.25, 0.3) is 6.47 Å². The van der Waals surface area contributed by atoms with Crippen molar-refractivity contribution >= 4 is 35.1 Å². The van der Waals surface area contributed by atoms with Gasteiger partial charge in [-0.15, -0.1) is 22.7 Å². The summed E-state index contributed by atoms with van der Waals surface area (Å²) in [5.41, 5.74) is 1.60. The Morgan fingerprint density at radius 1 is 1.32 bits per heavy atom. The highest BCUT2D eigenvalue weighted by molar-refractivity contribution is 7.14. The molecule has 0 bridgehead atoms. The number of aliphatic hydroxyl groups is 1. The van der Waals surface area contributed by atoms with E-state index in [1.165, 1.54) is 18.4 Å². The number of esters is 1. The molecule has 7 heteroatoms. The van der Waals surface area contributed by atoms with Crippen LogP contribution in [0.5, 0.6) is 0 Å². The quantitative estimate of drug-likeness (QED) is 0.685. The first-order valence-electron chi connectivity index (χ1n) is 6.69. The lowest BCUT2D eigenvalue weighted by molar-refractivity contribution is -0.129. The summed E-state index contributed by atoms with van der Waals surface area (Å²) < 4.78 is 9.51. The smallest absolute Gasteiger partial charge is 0.348 e. The summed E-state index contributed by atoms with van der Waals surface area (Å²) in [6.45, 7) is 0.638.